The van der Waals surface area contributed by atoms with Crippen molar-refractivity contribution in [2.24, 2.45) is 0 Å². The highest BCUT2D eigenvalue weighted by atomic mass is 32.2. The minimum atomic E-state index is -0.606. The number of nitrogens with one attached hydrogen (secondary N) is 1. The summed E-state index contributed by atoms with van der Waals surface area (Å²) >= 11 is 0.775. The number of hydrogen-bond acceptors (Lipinski definition) is 7. The van der Waals surface area contributed by atoms with Crippen LogP contribution in [0.1, 0.15) is 36.5 Å². The lowest BCUT2D eigenvalue weighted by Crippen LogP contribution is -2.34. The van der Waals surface area contributed by atoms with Gasteiger partial charge in [-0.3, -0.25) is 24.1 Å². The molecule has 0 aromatic heterocycles. The number of amides is 3. The molecule has 184 valence electrons. The fourth-order valence-corrected chi connectivity index (χ4v) is 3.96. The minimum absolute atomic E-state index is 0.153. The number of carbonyl (C=O) groups excluding carboxylic acids is 4. The molecular formula is C26H28N2O6S. The van der Waals surface area contributed by atoms with Crippen LogP contribution in [-0.2, 0) is 19.1 Å². The van der Waals surface area contributed by atoms with Crippen LogP contribution >= 0.6 is 11.8 Å². The predicted molar refractivity (Wildman–Crippen MR) is 135 cm³/mol. The number of rotatable bonds is 10. The Bertz CT molecular complexity index is 1140. The standard InChI is InChI=1S/C26H28N2O6S/c1-4-5-12-33-24(30)15-28-25(31)22(35-26(28)32)14-19-7-10-21(11-8-19)34-16-23(29)27-20-9-6-17(2)18(3)13-20/h6-11,13-14H,4-5,12,15-16H2,1-3H3,(H,27,29)/b22-14-. The zero-order chi connectivity index (χ0) is 25.4. The fourth-order valence-electron chi connectivity index (χ4n) is 3.12. The number of carbonyl (C=O) groups is 4. The number of hydrogen-bond donors (Lipinski definition) is 1. The van der Waals surface area contributed by atoms with Crippen molar-refractivity contribution in [1.29, 1.82) is 0 Å². The first-order valence-corrected chi connectivity index (χ1v) is 12.1. The van der Waals surface area contributed by atoms with Gasteiger partial charge < -0.3 is 14.8 Å². The molecule has 1 heterocycles. The first kappa shape index (κ1) is 26.0. The van der Waals surface area contributed by atoms with E-state index in [4.69, 9.17) is 9.47 Å². The Morgan fingerprint density at radius 3 is 2.49 bits per heavy atom. The molecule has 0 atom stereocenters. The van der Waals surface area contributed by atoms with Crippen molar-refractivity contribution in [3.05, 3.63) is 64.1 Å². The van der Waals surface area contributed by atoms with Crippen molar-refractivity contribution in [1.82, 2.24) is 4.90 Å². The molecule has 0 saturated carbocycles. The topological polar surface area (TPSA) is 102 Å². The van der Waals surface area contributed by atoms with E-state index >= 15 is 0 Å². The zero-order valence-electron chi connectivity index (χ0n) is 20.0. The van der Waals surface area contributed by atoms with Gasteiger partial charge in [0.25, 0.3) is 17.1 Å². The molecule has 2 aromatic rings. The molecule has 0 unspecified atom stereocenters. The van der Waals surface area contributed by atoms with Crippen LogP contribution in [0.2, 0.25) is 0 Å². The smallest absolute Gasteiger partial charge is 0.326 e. The summed E-state index contributed by atoms with van der Waals surface area (Å²) in [6.07, 6.45) is 3.18. The molecule has 1 saturated heterocycles. The maximum atomic E-state index is 12.6. The molecule has 9 heteroatoms. The highest BCUT2D eigenvalue weighted by Crippen LogP contribution is 2.32. The number of anilines is 1. The summed E-state index contributed by atoms with van der Waals surface area (Å²) in [7, 11) is 0. The van der Waals surface area contributed by atoms with E-state index in [-0.39, 0.29) is 24.0 Å². The van der Waals surface area contributed by atoms with Gasteiger partial charge in [0.2, 0.25) is 0 Å². The molecule has 2 aromatic carbocycles. The van der Waals surface area contributed by atoms with Crippen molar-refractivity contribution >= 4 is 46.5 Å². The van der Waals surface area contributed by atoms with E-state index in [0.29, 0.717) is 17.0 Å². The lowest BCUT2D eigenvalue weighted by Gasteiger charge is -2.11. The molecule has 1 N–H and O–H groups in total. The van der Waals surface area contributed by atoms with E-state index in [9.17, 15) is 19.2 Å². The van der Waals surface area contributed by atoms with E-state index in [1.807, 2.05) is 39.0 Å². The van der Waals surface area contributed by atoms with E-state index < -0.39 is 23.7 Å². The third-order valence-corrected chi connectivity index (χ3v) is 6.17. The molecule has 0 aliphatic carbocycles. The summed E-state index contributed by atoms with van der Waals surface area (Å²) < 4.78 is 10.6. The van der Waals surface area contributed by atoms with Crippen LogP contribution in [0.3, 0.4) is 0 Å². The van der Waals surface area contributed by atoms with Crippen molar-refractivity contribution in [2.75, 3.05) is 25.1 Å². The number of imide groups is 1. The number of nitrogens with zero attached hydrogens (tertiary/aromatic N) is 1. The largest absolute Gasteiger partial charge is 0.484 e. The molecule has 1 fully saturated rings. The summed E-state index contributed by atoms with van der Waals surface area (Å²) in [5.74, 6) is -0.930. The highest BCUT2D eigenvalue weighted by Gasteiger charge is 2.36. The maximum Gasteiger partial charge on any atom is 0.326 e. The first-order valence-electron chi connectivity index (χ1n) is 11.3. The third kappa shape index (κ3) is 7.45. The average Bonchev–Trinajstić information content (AvgIpc) is 3.08. The number of aryl methyl sites for hydroxylation is 2. The Morgan fingerprint density at radius 1 is 1.06 bits per heavy atom. The minimum Gasteiger partial charge on any atom is -0.484 e. The monoisotopic (exact) mass is 496 g/mol. The van der Waals surface area contributed by atoms with Gasteiger partial charge in [0.15, 0.2) is 6.61 Å². The molecule has 1 aliphatic heterocycles. The van der Waals surface area contributed by atoms with Gasteiger partial charge in [-0.05, 0) is 79.1 Å². The van der Waals surface area contributed by atoms with Gasteiger partial charge in [-0.15, -0.1) is 0 Å². The van der Waals surface area contributed by atoms with Crippen LogP contribution < -0.4 is 10.1 Å². The van der Waals surface area contributed by atoms with E-state index in [0.717, 1.165) is 40.6 Å². The quantitative estimate of drug-likeness (QED) is 0.289. The van der Waals surface area contributed by atoms with Gasteiger partial charge in [0.1, 0.15) is 12.3 Å². The van der Waals surface area contributed by atoms with Crippen LogP contribution in [0.25, 0.3) is 6.08 Å². The molecule has 3 amide bonds. The normalized spacial score (nSPS) is 14.4. The van der Waals surface area contributed by atoms with Gasteiger partial charge in [-0.25, -0.2) is 0 Å². The van der Waals surface area contributed by atoms with E-state index in [1.54, 1.807) is 30.3 Å². The second kappa shape index (κ2) is 12.2. The van der Waals surface area contributed by atoms with Gasteiger partial charge in [0, 0.05) is 5.69 Å². The number of unbranched alkanes of at least 4 members (excludes halogenated alkanes) is 1. The van der Waals surface area contributed by atoms with Crippen molar-refractivity contribution in [3.63, 3.8) is 0 Å². The molecule has 0 spiro atoms. The maximum absolute atomic E-state index is 12.6. The fraction of sp³-hybridized carbons (Fsp3) is 0.308. The average molecular weight is 497 g/mol. The van der Waals surface area contributed by atoms with Crippen molar-refractivity contribution in [3.8, 4) is 5.75 Å². The predicted octanol–water partition coefficient (Wildman–Crippen LogP) is 4.70. The van der Waals surface area contributed by atoms with Crippen LogP contribution in [0, 0.1) is 13.8 Å². The van der Waals surface area contributed by atoms with Crippen molar-refractivity contribution < 1.29 is 28.7 Å². The second-order valence-corrected chi connectivity index (χ2v) is 9.04. The number of benzene rings is 2. The molecule has 0 bridgehead atoms. The Hall–Kier alpha value is -3.59. The number of ether oxygens (including phenoxy) is 2. The Labute approximate surface area is 208 Å². The summed E-state index contributed by atoms with van der Waals surface area (Å²) in [6, 6.07) is 12.5. The lowest BCUT2D eigenvalue weighted by molar-refractivity contribution is -0.146. The van der Waals surface area contributed by atoms with E-state index in [1.165, 1.54) is 0 Å². The van der Waals surface area contributed by atoms with Crippen molar-refractivity contribution in [2.45, 2.75) is 33.6 Å². The molecule has 35 heavy (non-hydrogen) atoms. The first-order chi connectivity index (χ1) is 16.8. The molecular weight excluding hydrogens is 468 g/mol. The molecule has 8 nitrogen and oxygen atoms in total. The summed E-state index contributed by atoms with van der Waals surface area (Å²) in [5, 5.41) is 2.29. The van der Waals surface area contributed by atoms with Gasteiger partial charge >= 0.3 is 5.97 Å². The lowest BCUT2D eigenvalue weighted by atomic mass is 10.1. The Morgan fingerprint density at radius 2 is 1.80 bits per heavy atom. The SMILES string of the molecule is CCCCOC(=O)CN1C(=O)S/C(=C\c2ccc(OCC(=O)Nc3ccc(C)c(C)c3)cc2)C1=O. The third-order valence-electron chi connectivity index (χ3n) is 5.26. The highest BCUT2D eigenvalue weighted by molar-refractivity contribution is 8.18. The summed E-state index contributed by atoms with van der Waals surface area (Å²) in [6.45, 7) is 5.67. The molecule has 3 rings (SSSR count). The van der Waals surface area contributed by atoms with E-state index in [2.05, 4.69) is 5.32 Å². The van der Waals surface area contributed by atoms with Gasteiger partial charge in [-0.2, -0.15) is 0 Å². The van der Waals surface area contributed by atoms with Gasteiger partial charge in [0.05, 0.1) is 11.5 Å². The second-order valence-electron chi connectivity index (χ2n) is 8.05. The summed E-state index contributed by atoms with van der Waals surface area (Å²) in [4.78, 5) is 49.9. The summed E-state index contributed by atoms with van der Waals surface area (Å²) in [5.41, 5.74) is 3.62. The number of thioether (sulfide) groups is 1. The molecule has 0 radical (unpaired) electrons. The zero-order valence-corrected chi connectivity index (χ0v) is 20.8. The van der Waals surface area contributed by atoms with Crippen LogP contribution in [-0.4, -0.2) is 47.7 Å². The van der Waals surface area contributed by atoms with Crippen LogP contribution in [0.15, 0.2) is 47.4 Å². The van der Waals surface area contributed by atoms with Crippen LogP contribution in [0.4, 0.5) is 10.5 Å². The Balaban J connectivity index is 1.52. The van der Waals surface area contributed by atoms with Crippen LogP contribution in [0.5, 0.6) is 5.75 Å². The van der Waals surface area contributed by atoms with Gasteiger partial charge in [-0.1, -0.05) is 31.5 Å². The molecule has 1 aliphatic rings. The Kier molecular flexibility index (Phi) is 9.08. The number of esters is 1.